The maximum absolute atomic E-state index is 13.5. The maximum atomic E-state index is 13.5. The molecule has 7 heteroatoms. The number of hydrogen-bond donors (Lipinski definition) is 1. The molecule has 2 heterocycles. The number of aromatic nitrogens is 2. The lowest BCUT2D eigenvalue weighted by Gasteiger charge is -2.18. The second-order valence-electron chi connectivity index (χ2n) is 8.10. The van der Waals surface area contributed by atoms with Crippen molar-refractivity contribution in [3.8, 4) is 0 Å². The smallest absolute Gasteiger partial charge is 0.263 e. The molecule has 152 valence electrons. The minimum atomic E-state index is -0.225. The monoisotopic (exact) mass is 410 g/mol. The standard InChI is InChI=1S/C22H26N4O2S/c1-14-9-10-16-17(11-14)29-21-20(16)22(28)26(18(24-21)12-25(2)3)13-19(27)23-15-7-5-4-6-8-15/h4-8,14H,9-13H2,1-3H3,(H,23,27). The Hall–Kier alpha value is -2.51. The van der Waals surface area contributed by atoms with Gasteiger partial charge in [0, 0.05) is 10.6 Å². The van der Waals surface area contributed by atoms with E-state index in [1.165, 1.54) is 4.88 Å². The quantitative estimate of drug-likeness (QED) is 0.701. The molecule has 1 N–H and O–H groups in total. The lowest BCUT2D eigenvalue weighted by Crippen LogP contribution is -2.33. The van der Waals surface area contributed by atoms with Crippen molar-refractivity contribution in [2.75, 3.05) is 19.4 Å². The summed E-state index contributed by atoms with van der Waals surface area (Å²) in [5.41, 5.74) is 1.77. The summed E-state index contributed by atoms with van der Waals surface area (Å²) >= 11 is 1.65. The van der Waals surface area contributed by atoms with Gasteiger partial charge < -0.3 is 10.2 Å². The van der Waals surface area contributed by atoms with Crippen molar-refractivity contribution in [2.45, 2.75) is 39.3 Å². The van der Waals surface area contributed by atoms with Gasteiger partial charge in [0.1, 0.15) is 17.2 Å². The van der Waals surface area contributed by atoms with E-state index in [1.54, 1.807) is 15.9 Å². The number of hydrogen-bond acceptors (Lipinski definition) is 5. The molecule has 1 atom stereocenters. The number of benzene rings is 1. The molecule has 0 spiro atoms. The number of rotatable bonds is 5. The van der Waals surface area contributed by atoms with Gasteiger partial charge in [-0.25, -0.2) is 4.98 Å². The molecule has 1 aromatic carbocycles. The zero-order valence-corrected chi connectivity index (χ0v) is 17.9. The molecule has 0 bridgehead atoms. The fraction of sp³-hybridized carbons (Fsp3) is 0.409. The molecule has 1 aliphatic carbocycles. The van der Waals surface area contributed by atoms with Crippen molar-refractivity contribution in [1.29, 1.82) is 0 Å². The van der Waals surface area contributed by atoms with Crippen molar-refractivity contribution >= 4 is 33.1 Å². The number of aryl methyl sites for hydroxylation is 1. The van der Waals surface area contributed by atoms with Gasteiger partial charge in [0.2, 0.25) is 5.91 Å². The Morgan fingerprint density at radius 1 is 1.31 bits per heavy atom. The third kappa shape index (κ3) is 4.11. The number of amides is 1. The molecular weight excluding hydrogens is 384 g/mol. The van der Waals surface area contributed by atoms with E-state index in [1.807, 2.05) is 49.3 Å². The minimum absolute atomic E-state index is 0.0408. The third-order valence-corrected chi connectivity index (χ3v) is 6.46. The van der Waals surface area contributed by atoms with Crippen LogP contribution in [0.2, 0.25) is 0 Å². The van der Waals surface area contributed by atoms with Crippen molar-refractivity contribution in [3.05, 3.63) is 57.0 Å². The first kappa shape index (κ1) is 19.8. The van der Waals surface area contributed by atoms with E-state index in [0.29, 0.717) is 23.7 Å². The van der Waals surface area contributed by atoms with E-state index in [4.69, 9.17) is 4.98 Å². The number of thiophene rings is 1. The molecule has 0 fully saturated rings. The summed E-state index contributed by atoms with van der Waals surface area (Å²) < 4.78 is 1.55. The van der Waals surface area contributed by atoms with Crippen LogP contribution in [0.3, 0.4) is 0 Å². The van der Waals surface area contributed by atoms with Gasteiger partial charge in [-0.3, -0.25) is 14.2 Å². The molecule has 1 amide bonds. The summed E-state index contributed by atoms with van der Waals surface area (Å²) in [6, 6.07) is 9.29. The van der Waals surface area contributed by atoms with Crippen LogP contribution in [0.1, 0.15) is 29.6 Å². The Labute approximate surface area is 174 Å². The van der Waals surface area contributed by atoms with Crippen LogP contribution in [0.25, 0.3) is 10.2 Å². The molecule has 0 aliphatic heterocycles. The van der Waals surface area contributed by atoms with Gasteiger partial charge in [0.05, 0.1) is 11.9 Å². The number of fused-ring (bicyclic) bond motifs is 3. The van der Waals surface area contributed by atoms with Crippen molar-refractivity contribution in [2.24, 2.45) is 5.92 Å². The molecule has 0 saturated carbocycles. The Kier molecular flexibility index (Phi) is 5.52. The number of carbonyl (C=O) groups is 1. The van der Waals surface area contributed by atoms with E-state index < -0.39 is 0 Å². The predicted molar refractivity (Wildman–Crippen MR) is 118 cm³/mol. The number of anilines is 1. The van der Waals surface area contributed by atoms with Gasteiger partial charge in [-0.15, -0.1) is 11.3 Å². The normalized spacial score (nSPS) is 16.2. The van der Waals surface area contributed by atoms with Gasteiger partial charge >= 0.3 is 0 Å². The highest BCUT2D eigenvalue weighted by Gasteiger charge is 2.25. The Morgan fingerprint density at radius 3 is 2.79 bits per heavy atom. The third-order valence-electron chi connectivity index (χ3n) is 5.31. The molecule has 0 radical (unpaired) electrons. The summed E-state index contributed by atoms with van der Waals surface area (Å²) in [4.78, 5) is 35.0. The largest absolute Gasteiger partial charge is 0.325 e. The molecule has 29 heavy (non-hydrogen) atoms. The van der Waals surface area contributed by atoms with Crippen LogP contribution >= 0.6 is 11.3 Å². The molecular formula is C22H26N4O2S. The predicted octanol–water partition coefficient (Wildman–Crippen LogP) is 3.28. The number of carbonyl (C=O) groups excluding carboxylic acids is 1. The van der Waals surface area contributed by atoms with Gasteiger partial charge in [-0.2, -0.15) is 0 Å². The van der Waals surface area contributed by atoms with Crippen LogP contribution in [0.4, 0.5) is 5.69 Å². The van der Waals surface area contributed by atoms with Gasteiger partial charge in [-0.1, -0.05) is 25.1 Å². The Balaban J connectivity index is 1.75. The fourth-order valence-electron chi connectivity index (χ4n) is 3.90. The van der Waals surface area contributed by atoms with Crippen LogP contribution in [-0.2, 0) is 30.7 Å². The molecule has 3 aromatic rings. The van der Waals surface area contributed by atoms with Crippen LogP contribution < -0.4 is 10.9 Å². The van der Waals surface area contributed by atoms with Crippen LogP contribution in [0, 0.1) is 5.92 Å². The first-order chi connectivity index (χ1) is 13.9. The summed E-state index contributed by atoms with van der Waals surface area (Å²) in [7, 11) is 3.87. The Morgan fingerprint density at radius 2 is 2.07 bits per heavy atom. The molecule has 4 rings (SSSR count). The highest BCUT2D eigenvalue weighted by atomic mass is 32.1. The van der Waals surface area contributed by atoms with Crippen molar-refractivity contribution in [3.63, 3.8) is 0 Å². The molecule has 0 saturated heterocycles. The van der Waals surface area contributed by atoms with E-state index >= 15 is 0 Å². The lowest BCUT2D eigenvalue weighted by atomic mass is 9.89. The molecule has 6 nitrogen and oxygen atoms in total. The zero-order valence-electron chi connectivity index (χ0n) is 17.1. The summed E-state index contributed by atoms with van der Waals surface area (Å²) in [6.07, 6.45) is 3.01. The zero-order chi connectivity index (χ0) is 20.5. The number of nitrogens with one attached hydrogen (secondary N) is 1. The van der Waals surface area contributed by atoms with Crippen LogP contribution in [0.5, 0.6) is 0 Å². The van der Waals surface area contributed by atoms with Gasteiger partial charge in [0.25, 0.3) is 5.56 Å². The Bertz CT molecular complexity index is 1100. The average molecular weight is 411 g/mol. The highest BCUT2D eigenvalue weighted by molar-refractivity contribution is 7.18. The molecule has 2 aromatic heterocycles. The second kappa shape index (κ2) is 8.08. The van der Waals surface area contributed by atoms with E-state index in [2.05, 4.69) is 12.2 Å². The van der Waals surface area contributed by atoms with Gasteiger partial charge in [-0.05, 0) is 57.0 Å². The van der Waals surface area contributed by atoms with E-state index in [9.17, 15) is 9.59 Å². The molecule has 1 unspecified atom stereocenters. The van der Waals surface area contributed by atoms with Crippen molar-refractivity contribution < 1.29 is 4.79 Å². The summed E-state index contributed by atoms with van der Waals surface area (Å²) in [5, 5.41) is 3.59. The first-order valence-corrected chi connectivity index (χ1v) is 10.8. The number of nitrogens with zero attached hydrogens (tertiary/aromatic N) is 3. The van der Waals surface area contributed by atoms with E-state index in [-0.39, 0.29) is 18.0 Å². The highest BCUT2D eigenvalue weighted by Crippen LogP contribution is 2.35. The lowest BCUT2D eigenvalue weighted by molar-refractivity contribution is -0.116. The first-order valence-electron chi connectivity index (χ1n) is 9.96. The average Bonchev–Trinajstić information content (AvgIpc) is 3.02. The van der Waals surface area contributed by atoms with Gasteiger partial charge in [0.15, 0.2) is 0 Å². The summed E-state index contributed by atoms with van der Waals surface area (Å²) in [6.45, 7) is 2.72. The fourth-order valence-corrected chi connectivity index (χ4v) is 5.29. The van der Waals surface area contributed by atoms with E-state index in [0.717, 1.165) is 35.3 Å². The number of para-hydroxylation sites is 1. The van der Waals surface area contributed by atoms with Crippen molar-refractivity contribution in [1.82, 2.24) is 14.5 Å². The topological polar surface area (TPSA) is 67.2 Å². The second-order valence-corrected chi connectivity index (χ2v) is 9.19. The molecule has 1 aliphatic rings. The minimum Gasteiger partial charge on any atom is -0.325 e. The van der Waals surface area contributed by atoms with Crippen LogP contribution in [0.15, 0.2) is 35.1 Å². The summed E-state index contributed by atoms with van der Waals surface area (Å²) in [5.74, 6) is 1.04. The van der Waals surface area contributed by atoms with Crippen LogP contribution in [-0.4, -0.2) is 34.5 Å². The maximum Gasteiger partial charge on any atom is 0.263 e. The SMILES string of the molecule is CC1CCc2c(sc3nc(CN(C)C)n(CC(=O)Nc4ccccc4)c(=O)c23)C1.